The first-order valence-electron chi connectivity index (χ1n) is 7.75. The minimum absolute atomic E-state index is 0.0623. The number of para-hydroxylation sites is 2. The first kappa shape index (κ1) is 14.6. The number of rotatable bonds is 1. The SMILES string of the molecule is Cn1cc(C(=O)N2CCc3ccccc32)c(=O)c2cccc(F)c21. The average molecular weight is 322 g/mol. The number of benzene rings is 2. The molecule has 0 aliphatic carbocycles. The summed E-state index contributed by atoms with van der Waals surface area (Å²) in [5.74, 6) is -0.815. The highest BCUT2D eigenvalue weighted by molar-refractivity contribution is 6.08. The van der Waals surface area contributed by atoms with Gasteiger partial charge in [0.25, 0.3) is 5.91 Å². The number of halogens is 1. The summed E-state index contributed by atoms with van der Waals surface area (Å²) in [4.78, 5) is 27.3. The fraction of sp³-hybridized carbons (Fsp3) is 0.158. The standard InChI is InChI=1S/C19H15FN2O2/c1-21-11-14(18(23)13-6-4-7-15(20)17(13)21)19(24)22-10-9-12-5-2-3-8-16(12)22/h2-8,11H,9-10H2,1H3. The zero-order chi connectivity index (χ0) is 16.8. The van der Waals surface area contributed by atoms with Crippen LogP contribution in [0.3, 0.4) is 0 Å². The highest BCUT2D eigenvalue weighted by atomic mass is 19.1. The molecule has 0 bridgehead atoms. The Bertz CT molecular complexity index is 1040. The predicted molar refractivity (Wildman–Crippen MR) is 91.0 cm³/mol. The summed E-state index contributed by atoms with van der Waals surface area (Å²) in [6, 6.07) is 12.0. The number of nitrogens with zero attached hydrogens (tertiary/aromatic N) is 2. The number of aromatic nitrogens is 1. The van der Waals surface area contributed by atoms with Crippen molar-refractivity contribution < 1.29 is 9.18 Å². The molecule has 1 aliphatic rings. The van der Waals surface area contributed by atoms with Gasteiger partial charge in [0.2, 0.25) is 5.43 Å². The molecule has 1 aromatic heterocycles. The summed E-state index contributed by atoms with van der Waals surface area (Å²) in [6.45, 7) is 0.544. The Balaban J connectivity index is 1.88. The van der Waals surface area contributed by atoms with Crippen molar-refractivity contribution in [3.63, 3.8) is 0 Å². The summed E-state index contributed by atoms with van der Waals surface area (Å²) < 4.78 is 15.5. The summed E-state index contributed by atoms with van der Waals surface area (Å²) in [7, 11) is 1.64. The average Bonchev–Trinajstić information content (AvgIpc) is 3.01. The molecule has 0 radical (unpaired) electrons. The van der Waals surface area contributed by atoms with E-state index < -0.39 is 11.2 Å². The van der Waals surface area contributed by atoms with Crippen LogP contribution in [0.25, 0.3) is 10.9 Å². The van der Waals surface area contributed by atoms with Gasteiger partial charge in [0, 0.05) is 30.9 Å². The Hall–Kier alpha value is -2.95. The van der Waals surface area contributed by atoms with E-state index in [4.69, 9.17) is 0 Å². The monoisotopic (exact) mass is 322 g/mol. The van der Waals surface area contributed by atoms with Crippen molar-refractivity contribution >= 4 is 22.5 Å². The molecule has 0 N–H and O–H groups in total. The maximum Gasteiger partial charge on any atom is 0.263 e. The van der Waals surface area contributed by atoms with E-state index in [0.29, 0.717) is 6.54 Å². The largest absolute Gasteiger partial charge is 0.347 e. The van der Waals surface area contributed by atoms with Gasteiger partial charge in [0.15, 0.2) is 0 Å². The smallest absolute Gasteiger partial charge is 0.263 e. The quantitative estimate of drug-likeness (QED) is 0.691. The highest BCUT2D eigenvalue weighted by Gasteiger charge is 2.27. The lowest BCUT2D eigenvalue weighted by molar-refractivity contribution is 0.0988. The van der Waals surface area contributed by atoms with E-state index in [1.807, 2.05) is 24.3 Å². The lowest BCUT2D eigenvalue weighted by Crippen LogP contribution is -2.33. The molecule has 2 heterocycles. The Labute approximate surface area is 137 Å². The van der Waals surface area contributed by atoms with Crippen molar-refractivity contribution in [2.45, 2.75) is 6.42 Å². The lowest BCUT2D eigenvalue weighted by atomic mass is 10.1. The minimum atomic E-state index is -0.474. The normalized spacial score (nSPS) is 13.3. The van der Waals surface area contributed by atoms with Gasteiger partial charge in [-0.2, -0.15) is 0 Å². The fourth-order valence-electron chi connectivity index (χ4n) is 3.37. The van der Waals surface area contributed by atoms with Gasteiger partial charge in [-0.05, 0) is 30.2 Å². The van der Waals surface area contributed by atoms with Crippen LogP contribution in [0.4, 0.5) is 10.1 Å². The molecule has 4 rings (SSSR count). The summed E-state index contributed by atoms with van der Waals surface area (Å²) in [5.41, 5.74) is 1.77. The minimum Gasteiger partial charge on any atom is -0.347 e. The van der Waals surface area contributed by atoms with Gasteiger partial charge in [-0.3, -0.25) is 9.59 Å². The Morgan fingerprint density at radius 3 is 2.75 bits per heavy atom. The third-order valence-corrected chi connectivity index (χ3v) is 4.51. The molecule has 4 nitrogen and oxygen atoms in total. The maximum absolute atomic E-state index is 14.0. The van der Waals surface area contributed by atoms with Crippen LogP contribution in [0.2, 0.25) is 0 Å². The molecular formula is C19H15FN2O2. The number of pyridine rings is 1. The Morgan fingerprint density at radius 2 is 1.92 bits per heavy atom. The van der Waals surface area contributed by atoms with Crippen molar-refractivity contribution in [2.75, 3.05) is 11.4 Å². The number of amides is 1. The van der Waals surface area contributed by atoms with Crippen LogP contribution in [0.15, 0.2) is 53.5 Å². The molecule has 0 saturated heterocycles. The van der Waals surface area contributed by atoms with Gasteiger partial charge in [-0.1, -0.05) is 24.3 Å². The third kappa shape index (κ3) is 2.05. The van der Waals surface area contributed by atoms with Crippen molar-refractivity contribution in [1.82, 2.24) is 4.57 Å². The molecule has 3 aromatic rings. The van der Waals surface area contributed by atoms with E-state index >= 15 is 0 Å². The number of hydrogen-bond donors (Lipinski definition) is 0. The van der Waals surface area contributed by atoms with Crippen molar-refractivity contribution in [2.24, 2.45) is 7.05 Å². The number of fused-ring (bicyclic) bond motifs is 2. The second-order valence-corrected chi connectivity index (χ2v) is 5.95. The summed E-state index contributed by atoms with van der Waals surface area (Å²) >= 11 is 0. The van der Waals surface area contributed by atoms with E-state index in [9.17, 15) is 14.0 Å². The topological polar surface area (TPSA) is 42.3 Å². The van der Waals surface area contributed by atoms with Crippen molar-refractivity contribution in [3.8, 4) is 0 Å². The van der Waals surface area contributed by atoms with Crippen LogP contribution in [0.1, 0.15) is 15.9 Å². The van der Waals surface area contributed by atoms with Gasteiger partial charge in [-0.15, -0.1) is 0 Å². The van der Waals surface area contributed by atoms with Gasteiger partial charge in [0.1, 0.15) is 11.4 Å². The summed E-state index contributed by atoms with van der Waals surface area (Å²) in [6.07, 6.45) is 2.20. The van der Waals surface area contributed by atoms with Gasteiger partial charge < -0.3 is 9.47 Å². The number of anilines is 1. The van der Waals surface area contributed by atoms with Crippen LogP contribution in [0, 0.1) is 5.82 Å². The molecule has 120 valence electrons. The van der Waals surface area contributed by atoms with Gasteiger partial charge >= 0.3 is 0 Å². The number of carbonyl (C=O) groups excluding carboxylic acids is 1. The Kier molecular flexibility index (Phi) is 3.23. The van der Waals surface area contributed by atoms with E-state index in [2.05, 4.69) is 0 Å². The molecule has 0 unspecified atom stereocenters. The van der Waals surface area contributed by atoms with Gasteiger partial charge in [-0.25, -0.2) is 4.39 Å². The molecule has 1 amide bonds. The molecule has 0 spiro atoms. The summed E-state index contributed by atoms with van der Waals surface area (Å²) in [5, 5.41) is 0.218. The van der Waals surface area contributed by atoms with Crippen LogP contribution in [0.5, 0.6) is 0 Å². The highest BCUT2D eigenvalue weighted by Crippen LogP contribution is 2.28. The first-order valence-corrected chi connectivity index (χ1v) is 7.75. The zero-order valence-corrected chi connectivity index (χ0v) is 13.1. The zero-order valence-electron chi connectivity index (χ0n) is 13.1. The fourth-order valence-corrected chi connectivity index (χ4v) is 3.37. The van der Waals surface area contributed by atoms with E-state index in [1.54, 1.807) is 18.0 Å². The Morgan fingerprint density at radius 1 is 1.12 bits per heavy atom. The second kappa shape index (κ2) is 5.30. The molecule has 0 fully saturated rings. The number of hydrogen-bond acceptors (Lipinski definition) is 2. The van der Waals surface area contributed by atoms with Crippen molar-refractivity contribution in [1.29, 1.82) is 0 Å². The maximum atomic E-state index is 14.0. The lowest BCUT2D eigenvalue weighted by Gasteiger charge is -2.18. The third-order valence-electron chi connectivity index (χ3n) is 4.51. The van der Waals surface area contributed by atoms with Crippen LogP contribution in [-0.2, 0) is 13.5 Å². The number of aryl methyl sites for hydroxylation is 1. The second-order valence-electron chi connectivity index (χ2n) is 5.95. The van der Waals surface area contributed by atoms with Gasteiger partial charge in [0.05, 0.1) is 5.52 Å². The van der Waals surface area contributed by atoms with Crippen LogP contribution in [-0.4, -0.2) is 17.0 Å². The number of carbonyl (C=O) groups is 1. The molecular weight excluding hydrogens is 307 g/mol. The predicted octanol–water partition coefficient (Wildman–Crippen LogP) is 2.88. The van der Waals surface area contributed by atoms with E-state index in [-0.39, 0.29) is 22.4 Å². The van der Waals surface area contributed by atoms with E-state index in [0.717, 1.165) is 17.7 Å². The van der Waals surface area contributed by atoms with Crippen molar-refractivity contribution in [3.05, 3.63) is 75.8 Å². The first-order chi connectivity index (χ1) is 11.6. The van der Waals surface area contributed by atoms with E-state index in [1.165, 1.54) is 22.9 Å². The molecule has 2 aromatic carbocycles. The molecule has 0 saturated carbocycles. The molecule has 1 aliphatic heterocycles. The van der Waals surface area contributed by atoms with Crippen LogP contribution < -0.4 is 10.3 Å². The molecule has 0 atom stereocenters. The molecule has 5 heteroatoms. The molecule has 24 heavy (non-hydrogen) atoms. The van der Waals surface area contributed by atoms with Crippen LogP contribution >= 0.6 is 0 Å².